The van der Waals surface area contributed by atoms with Crippen LogP contribution in [0.15, 0.2) is 48.5 Å². The van der Waals surface area contributed by atoms with Crippen molar-refractivity contribution >= 4 is 33.3 Å². The lowest BCUT2D eigenvalue weighted by molar-refractivity contribution is 0.250. The second-order valence-electron chi connectivity index (χ2n) is 10.8. The molecule has 2 amide bonds. The van der Waals surface area contributed by atoms with Crippen LogP contribution in [0, 0.1) is 5.41 Å². The van der Waals surface area contributed by atoms with Crippen LogP contribution in [0.5, 0.6) is 0 Å². The fourth-order valence-corrected chi connectivity index (χ4v) is 5.12. The Hall–Kier alpha value is -2.40. The zero-order chi connectivity index (χ0) is 24.1. The molecule has 3 aromatic rings. The lowest BCUT2D eigenvalue weighted by Crippen LogP contribution is -2.34. The first-order chi connectivity index (χ1) is 15.5. The topological polar surface area (TPSA) is 54.0 Å². The number of hydrogen-bond donors (Lipinski definition) is 2. The zero-order valence-corrected chi connectivity index (χ0v) is 21.8. The summed E-state index contributed by atoms with van der Waals surface area (Å²) in [6.07, 6.45) is 5.67. The van der Waals surface area contributed by atoms with Crippen LogP contribution in [-0.2, 0) is 11.8 Å². The summed E-state index contributed by atoms with van der Waals surface area (Å²) in [7, 11) is 0. The van der Waals surface area contributed by atoms with Gasteiger partial charge in [-0.15, -0.1) is 11.3 Å². The SMILES string of the molecule is CC(C)NC(=O)Nc1cccc(C(C)(C)CCC(C)(C)CCCc2nc3ccccc3s2)c1. The molecule has 178 valence electrons. The van der Waals surface area contributed by atoms with Gasteiger partial charge in [0.05, 0.1) is 15.2 Å². The third kappa shape index (κ3) is 7.56. The van der Waals surface area contributed by atoms with E-state index in [9.17, 15) is 4.79 Å². The van der Waals surface area contributed by atoms with Gasteiger partial charge in [0, 0.05) is 11.7 Å². The molecule has 0 atom stereocenters. The van der Waals surface area contributed by atoms with E-state index in [0.29, 0.717) is 0 Å². The van der Waals surface area contributed by atoms with Gasteiger partial charge in [-0.3, -0.25) is 0 Å². The molecule has 0 aliphatic carbocycles. The summed E-state index contributed by atoms with van der Waals surface area (Å²) in [5, 5.41) is 7.08. The molecule has 2 aromatic carbocycles. The number of nitrogens with one attached hydrogen (secondary N) is 2. The molecule has 1 heterocycles. The van der Waals surface area contributed by atoms with Gasteiger partial charge in [0.2, 0.25) is 0 Å². The van der Waals surface area contributed by atoms with Crippen molar-refractivity contribution < 1.29 is 4.79 Å². The molecule has 4 nitrogen and oxygen atoms in total. The number of aryl methyl sites for hydroxylation is 1. The maximum absolute atomic E-state index is 12.1. The van der Waals surface area contributed by atoms with E-state index < -0.39 is 0 Å². The monoisotopic (exact) mass is 465 g/mol. The molecule has 0 aliphatic heterocycles. The van der Waals surface area contributed by atoms with Gasteiger partial charge in [0.25, 0.3) is 0 Å². The van der Waals surface area contributed by atoms with Crippen LogP contribution in [0.25, 0.3) is 10.2 Å². The first kappa shape index (κ1) is 25.2. The van der Waals surface area contributed by atoms with Crippen molar-refractivity contribution in [3.8, 4) is 0 Å². The van der Waals surface area contributed by atoms with Gasteiger partial charge in [-0.1, -0.05) is 52.0 Å². The highest BCUT2D eigenvalue weighted by atomic mass is 32.1. The summed E-state index contributed by atoms with van der Waals surface area (Å²) in [6, 6.07) is 16.6. The van der Waals surface area contributed by atoms with E-state index in [2.05, 4.69) is 74.7 Å². The highest BCUT2D eigenvalue weighted by Crippen LogP contribution is 2.37. The van der Waals surface area contributed by atoms with Crippen LogP contribution >= 0.6 is 11.3 Å². The standard InChI is InChI=1S/C28H39N3OS/c1-20(2)29-26(32)30-22-12-9-11-21(19-22)28(5,6)18-17-27(3,4)16-10-15-25-31-23-13-7-8-14-24(23)33-25/h7-9,11-14,19-20H,10,15-18H2,1-6H3,(H2,29,30,32). The number of benzene rings is 2. The van der Waals surface area contributed by atoms with E-state index in [4.69, 9.17) is 4.98 Å². The van der Waals surface area contributed by atoms with Crippen LogP contribution in [0.2, 0.25) is 0 Å². The Morgan fingerprint density at radius 1 is 1.00 bits per heavy atom. The molecule has 0 aliphatic rings. The van der Waals surface area contributed by atoms with Gasteiger partial charge in [-0.25, -0.2) is 9.78 Å². The summed E-state index contributed by atoms with van der Waals surface area (Å²) in [6.45, 7) is 13.3. The van der Waals surface area contributed by atoms with Gasteiger partial charge >= 0.3 is 6.03 Å². The smallest absolute Gasteiger partial charge is 0.319 e. The predicted molar refractivity (Wildman–Crippen MR) is 142 cm³/mol. The summed E-state index contributed by atoms with van der Waals surface area (Å²) < 4.78 is 1.28. The number of para-hydroxylation sites is 1. The number of rotatable bonds is 10. The van der Waals surface area contributed by atoms with E-state index in [1.165, 1.54) is 21.7 Å². The lowest BCUT2D eigenvalue weighted by Gasteiger charge is -2.32. The molecular formula is C28H39N3OS. The van der Waals surface area contributed by atoms with E-state index in [1.54, 1.807) is 0 Å². The van der Waals surface area contributed by atoms with Crippen molar-refractivity contribution in [1.82, 2.24) is 10.3 Å². The highest BCUT2D eigenvalue weighted by molar-refractivity contribution is 7.18. The molecular weight excluding hydrogens is 426 g/mol. The minimum Gasteiger partial charge on any atom is -0.336 e. The Labute approximate surface area is 203 Å². The largest absolute Gasteiger partial charge is 0.336 e. The number of amides is 2. The first-order valence-electron chi connectivity index (χ1n) is 12.1. The highest BCUT2D eigenvalue weighted by Gasteiger charge is 2.26. The van der Waals surface area contributed by atoms with Gasteiger partial charge in [-0.2, -0.15) is 0 Å². The van der Waals surface area contributed by atoms with Crippen molar-refractivity contribution in [3.63, 3.8) is 0 Å². The number of fused-ring (bicyclic) bond motifs is 1. The number of nitrogens with zero attached hydrogens (tertiary/aromatic N) is 1. The van der Waals surface area contributed by atoms with Gasteiger partial charge < -0.3 is 10.6 Å². The molecule has 33 heavy (non-hydrogen) atoms. The molecule has 0 fully saturated rings. The van der Waals surface area contributed by atoms with E-state index in [1.807, 2.05) is 37.3 Å². The summed E-state index contributed by atoms with van der Waals surface area (Å²) in [5.41, 5.74) is 3.54. The molecule has 0 saturated carbocycles. The molecule has 2 N–H and O–H groups in total. The molecule has 1 aromatic heterocycles. The number of carbonyl (C=O) groups excluding carboxylic acids is 1. The van der Waals surface area contributed by atoms with Gasteiger partial charge in [0.15, 0.2) is 0 Å². The number of carbonyl (C=O) groups is 1. The van der Waals surface area contributed by atoms with Crippen molar-refractivity contribution in [2.45, 2.75) is 85.1 Å². The van der Waals surface area contributed by atoms with E-state index in [-0.39, 0.29) is 22.9 Å². The zero-order valence-electron chi connectivity index (χ0n) is 21.0. The van der Waals surface area contributed by atoms with Crippen molar-refractivity contribution in [3.05, 3.63) is 59.1 Å². The number of urea groups is 1. The van der Waals surface area contributed by atoms with E-state index >= 15 is 0 Å². The van der Waals surface area contributed by atoms with Crippen LogP contribution < -0.4 is 10.6 Å². The molecule has 3 rings (SSSR count). The number of anilines is 1. The predicted octanol–water partition coefficient (Wildman–Crippen LogP) is 7.93. The van der Waals surface area contributed by atoms with Crippen LogP contribution in [0.1, 0.15) is 77.8 Å². The number of aromatic nitrogens is 1. The quantitative estimate of drug-likeness (QED) is 0.319. The molecule has 0 unspecified atom stereocenters. The minimum atomic E-state index is -0.158. The summed E-state index contributed by atoms with van der Waals surface area (Å²) in [5.74, 6) is 0. The first-order valence-corrected chi connectivity index (χ1v) is 12.9. The maximum atomic E-state index is 12.1. The molecule has 0 bridgehead atoms. The second-order valence-corrected chi connectivity index (χ2v) is 11.9. The van der Waals surface area contributed by atoms with Crippen LogP contribution in [0.3, 0.4) is 0 Å². The third-order valence-electron chi connectivity index (χ3n) is 6.33. The molecule has 0 saturated heterocycles. The Kier molecular flexibility index (Phi) is 8.17. The Bertz CT molecular complexity index is 1030. The Morgan fingerprint density at radius 2 is 1.76 bits per heavy atom. The average molecular weight is 466 g/mol. The Balaban J connectivity index is 1.52. The minimum absolute atomic E-state index is 0.0382. The molecule has 0 spiro atoms. The fraction of sp³-hybridized carbons (Fsp3) is 0.500. The van der Waals surface area contributed by atoms with E-state index in [0.717, 1.165) is 36.9 Å². The number of thiazole rings is 1. The van der Waals surface area contributed by atoms with Gasteiger partial charge in [0.1, 0.15) is 0 Å². The van der Waals surface area contributed by atoms with Gasteiger partial charge in [-0.05, 0) is 86.6 Å². The van der Waals surface area contributed by atoms with Crippen LogP contribution in [-0.4, -0.2) is 17.1 Å². The Morgan fingerprint density at radius 3 is 2.48 bits per heavy atom. The molecule has 5 heteroatoms. The maximum Gasteiger partial charge on any atom is 0.319 e. The van der Waals surface area contributed by atoms with Crippen molar-refractivity contribution in [1.29, 1.82) is 0 Å². The second kappa shape index (κ2) is 10.7. The van der Waals surface area contributed by atoms with Crippen molar-refractivity contribution in [2.24, 2.45) is 5.41 Å². The third-order valence-corrected chi connectivity index (χ3v) is 7.43. The summed E-state index contributed by atoms with van der Waals surface area (Å²) in [4.78, 5) is 16.9. The fourth-order valence-electron chi connectivity index (χ4n) is 4.11. The van der Waals surface area contributed by atoms with Crippen molar-refractivity contribution in [2.75, 3.05) is 5.32 Å². The average Bonchev–Trinajstić information content (AvgIpc) is 3.15. The molecule has 0 radical (unpaired) electrons. The lowest BCUT2D eigenvalue weighted by atomic mass is 9.73. The number of hydrogen-bond acceptors (Lipinski definition) is 3. The van der Waals surface area contributed by atoms with Crippen LogP contribution in [0.4, 0.5) is 10.5 Å². The normalized spacial score (nSPS) is 12.3. The summed E-state index contributed by atoms with van der Waals surface area (Å²) >= 11 is 1.83.